The van der Waals surface area contributed by atoms with E-state index in [2.05, 4.69) is 41.2 Å². The molecule has 1 aromatic heterocycles. The molecule has 0 aliphatic rings. The van der Waals surface area contributed by atoms with Crippen LogP contribution < -0.4 is 0 Å². The van der Waals surface area contributed by atoms with Crippen molar-refractivity contribution in [2.45, 2.75) is 26.7 Å². The summed E-state index contributed by atoms with van der Waals surface area (Å²) in [5, 5.41) is 0.555. The lowest BCUT2D eigenvalue weighted by atomic mass is 10.1. The maximum atomic E-state index is 5.97. The van der Waals surface area contributed by atoms with Gasteiger partial charge in [0, 0.05) is 18.2 Å². The van der Waals surface area contributed by atoms with Crippen LogP contribution in [0.1, 0.15) is 22.5 Å². The van der Waals surface area contributed by atoms with Crippen LogP contribution in [0.25, 0.3) is 0 Å². The summed E-state index contributed by atoms with van der Waals surface area (Å²) in [6.45, 7) is 4.00. The van der Waals surface area contributed by atoms with Crippen molar-refractivity contribution < 1.29 is 0 Å². The van der Waals surface area contributed by atoms with Crippen LogP contribution in [-0.2, 0) is 12.8 Å². The molecule has 0 atom stereocenters. The molecule has 0 saturated heterocycles. The molecule has 0 fully saturated rings. The van der Waals surface area contributed by atoms with Crippen molar-refractivity contribution in [2.24, 2.45) is 0 Å². The number of benzene rings is 1. The normalized spacial score (nSPS) is 10.5. The van der Waals surface area contributed by atoms with Crippen LogP contribution in [0.4, 0.5) is 0 Å². The highest BCUT2D eigenvalue weighted by Crippen LogP contribution is 2.12. The van der Waals surface area contributed by atoms with Gasteiger partial charge in [0.25, 0.3) is 0 Å². The fraction of sp³-hybridized carbons (Fsp3) is 0.286. The first kappa shape index (κ1) is 12.1. The van der Waals surface area contributed by atoms with Crippen molar-refractivity contribution in [3.05, 3.63) is 58.1 Å². The number of nitrogens with zero attached hydrogens (tertiary/aromatic N) is 2. The fourth-order valence-electron chi connectivity index (χ4n) is 1.59. The standard InChI is InChI=1S/C14H15ClN2/c1-10-3-5-12(6-4-10)7-8-13-16-9-11(2)14(15)17-13/h3-6,9H,7-8H2,1-2H3. The van der Waals surface area contributed by atoms with Crippen LogP contribution in [0.5, 0.6) is 0 Å². The molecule has 0 spiro atoms. The third-order valence-electron chi connectivity index (χ3n) is 2.72. The highest BCUT2D eigenvalue weighted by Gasteiger charge is 2.02. The third kappa shape index (κ3) is 3.27. The number of hydrogen-bond donors (Lipinski definition) is 0. The first-order valence-corrected chi connectivity index (χ1v) is 6.06. The molecule has 0 aliphatic carbocycles. The first-order chi connectivity index (χ1) is 8.15. The summed E-state index contributed by atoms with van der Waals surface area (Å²) >= 11 is 5.97. The van der Waals surface area contributed by atoms with Gasteiger partial charge in [-0.3, -0.25) is 0 Å². The maximum Gasteiger partial charge on any atom is 0.135 e. The zero-order valence-electron chi connectivity index (χ0n) is 10.1. The van der Waals surface area contributed by atoms with Gasteiger partial charge in [-0.05, 0) is 25.8 Å². The molecule has 0 aliphatic heterocycles. The Bertz CT molecular complexity index is 506. The molecule has 88 valence electrons. The van der Waals surface area contributed by atoms with Crippen LogP contribution in [0, 0.1) is 13.8 Å². The second kappa shape index (κ2) is 5.28. The lowest BCUT2D eigenvalue weighted by molar-refractivity contribution is 0.853. The molecule has 2 nitrogen and oxygen atoms in total. The minimum Gasteiger partial charge on any atom is -0.241 e. The highest BCUT2D eigenvalue weighted by atomic mass is 35.5. The van der Waals surface area contributed by atoms with E-state index in [0.29, 0.717) is 5.15 Å². The van der Waals surface area contributed by atoms with Gasteiger partial charge in [-0.25, -0.2) is 9.97 Å². The molecule has 0 amide bonds. The zero-order valence-corrected chi connectivity index (χ0v) is 10.8. The van der Waals surface area contributed by atoms with Crippen molar-refractivity contribution in [1.29, 1.82) is 0 Å². The third-order valence-corrected chi connectivity index (χ3v) is 3.10. The van der Waals surface area contributed by atoms with E-state index in [4.69, 9.17) is 11.6 Å². The minimum absolute atomic E-state index is 0.555. The molecule has 2 aromatic rings. The Morgan fingerprint density at radius 3 is 2.41 bits per heavy atom. The molecule has 0 saturated carbocycles. The van der Waals surface area contributed by atoms with E-state index in [1.165, 1.54) is 11.1 Å². The van der Waals surface area contributed by atoms with Crippen molar-refractivity contribution in [2.75, 3.05) is 0 Å². The highest BCUT2D eigenvalue weighted by molar-refractivity contribution is 6.30. The fourth-order valence-corrected chi connectivity index (χ4v) is 1.73. The van der Waals surface area contributed by atoms with Crippen molar-refractivity contribution >= 4 is 11.6 Å². The van der Waals surface area contributed by atoms with Gasteiger partial charge in [-0.15, -0.1) is 0 Å². The number of hydrogen-bond acceptors (Lipinski definition) is 2. The van der Waals surface area contributed by atoms with Gasteiger partial charge in [0.1, 0.15) is 11.0 Å². The van der Waals surface area contributed by atoms with Gasteiger partial charge in [-0.1, -0.05) is 41.4 Å². The second-order valence-corrected chi connectivity index (χ2v) is 4.60. The number of aryl methyl sites for hydroxylation is 4. The lowest BCUT2D eigenvalue weighted by Crippen LogP contribution is -1.99. The van der Waals surface area contributed by atoms with Crippen LogP contribution >= 0.6 is 11.6 Å². The van der Waals surface area contributed by atoms with E-state index in [-0.39, 0.29) is 0 Å². The molecule has 1 aromatic carbocycles. The summed E-state index contributed by atoms with van der Waals surface area (Å²) < 4.78 is 0. The van der Waals surface area contributed by atoms with E-state index in [9.17, 15) is 0 Å². The molecule has 3 heteroatoms. The Morgan fingerprint density at radius 2 is 1.76 bits per heavy atom. The molecule has 2 rings (SSSR count). The molecule has 0 bridgehead atoms. The predicted molar refractivity (Wildman–Crippen MR) is 70.4 cm³/mol. The Kier molecular flexibility index (Phi) is 3.75. The molecular weight excluding hydrogens is 232 g/mol. The summed E-state index contributed by atoms with van der Waals surface area (Å²) in [6.07, 6.45) is 3.54. The summed E-state index contributed by atoms with van der Waals surface area (Å²) in [7, 11) is 0. The first-order valence-electron chi connectivity index (χ1n) is 5.69. The van der Waals surface area contributed by atoms with Crippen LogP contribution in [0.2, 0.25) is 5.15 Å². The van der Waals surface area contributed by atoms with Gasteiger partial charge in [-0.2, -0.15) is 0 Å². The van der Waals surface area contributed by atoms with Gasteiger partial charge >= 0.3 is 0 Å². The largest absolute Gasteiger partial charge is 0.241 e. The lowest BCUT2D eigenvalue weighted by Gasteiger charge is -2.03. The van der Waals surface area contributed by atoms with E-state index in [0.717, 1.165) is 24.2 Å². The van der Waals surface area contributed by atoms with Crippen LogP contribution in [-0.4, -0.2) is 9.97 Å². The smallest absolute Gasteiger partial charge is 0.135 e. The Labute approximate surface area is 107 Å². The Balaban J connectivity index is 2.02. The van der Waals surface area contributed by atoms with E-state index in [1.54, 1.807) is 6.20 Å². The van der Waals surface area contributed by atoms with Crippen molar-refractivity contribution in [1.82, 2.24) is 9.97 Å². The number of aromatic nitrogens is 2. The summed E-state index contributed by atoms with van der Waals surface area (Å²) in [5.41, 5.74) is 3.50. The molecule has 0 N–H and O–H groups in total. The summed E-state index contributed by atoms with van der Waals surface area (Å²) in [4.78, 5) is 8.54. The van der Waals surface area contributed by atoms with Gasteiger partial charge in [0.2, 0.25) is 0 Å². The monoisotopic (exact) mass is 246 g/mol. The van der Waals surface area contributed by atoms with Crippen LogP contribution in [0.15, 0.2) is 30.5 Å². The topological polar surface area (TPSA) is 25.8 Å². The Morgan fingerprint density at radius 1 is 1.06 bits per heavy atom. The molecular formula is C14H15ClN2. The predicted octanol–water partition coefficient (Wildman–Crippen LogP) is 3.53. The maximum absolute atomic E-state index is 5.97. The van der Waals surface area contributed by atoms with Crippen LogP contribution in [0.3, 0.4) is 0 Å². The van der Waals surface area contributed by atoms with Gasteiger partial charge in [0.05, 0.1) is 0 Å². The average Bonchev–Trinajstić information content (AvgIpc) is 2.33. The van der Waals surface area contributed by atoms with Gasteiger partial charge in [0.15, 0.2) is 0 Å². The summed E-state index contributed by atoms with van der Waals surface area (Å²) in [5.74, 6) is 0.807. The zero-order chi connectivity index (χ0) is 12.3. The van der Waals surface area contributed by atoms with Crippen molar-refractivity contribution in [3.63, 3.8) is 0 Å². The second-order valence-electron chi connectivity index (χ2n) is 4.25. The number of halogens is 1. The average molecular weight is 247 g/mol. The minimum atomic E-state index is 0.555. The van der Waals surface area contributed by atoms with E-state index in [1.807, 2.05) is 6.92 Å². The van der Waals surface area contributed by atoms with E-state index < -0.39 is 0 Å². The molecule has 0 unspecified atom stereocenters. The number of rotatable bonds is 3. The SMILES string of the molecule is Cc1ccc(CCc2ncc(C)c(Cl)n2)cc1. The molecule has 1 heterocycles. The Hall–Kier alpha value is -1.41. The molecule has 0 radical (unpaired) electrons. The van der Waals surface area contributed by atoms with E-state index >= 15 is 0 Å². The summed E-state index contributed by atoms with van der Waals surface area (Å²) in [6, 6.07) is 8.53. The van der Waals surface area contributed by atoms with Gasteiger partial charge < -0.3 is 0 Å². The van der Waals surface area contributed by atoms with Crippen molar-refractivity contribution in [3.8, 4) is 0 Å². The quantitative estimate of drug-likeness (QED) is 0.775. The molecule has 17 heavy (non-hydrogen) atoms.